The quantitative estimate of drug-likeness (QED) is 0.291. The lowest BCUT2D eigenvalue weighted by molar-refractivity contribution is -0.145. The predicted molar refractivity (Wildman–Crippen MR) is 211 cm³/mol. The van der Waals surface area contributed by atoms with Crippen LogP contribution in [-0.2, 0) is 24.4 Å². The monoisotopic (exact) mass is 805 g/mol. The van der Waals surface area contributed by atoms with Crippen molar-refractivity contribution < 1.29 is 42.2 Å². The van der Waals surface area contributed by atoms with E-state index in [1.165, 1.54) is 9.80 Å². The first kappa shape index (κ1) is 39.4. The number of ether oxygens (including phenoxy) is 2. The van der Waals surface area contributed by atoms with Gasteiger partial charge in [0.15, 0.2) is 0 Å². The van der Waals surface area contributed by atoms with E-state index in [1.807, 2.05) is 50.3 Å². The van der Waals surface area contributed by atoms with Crippen LogP contribution < -0.4 is 19.5 Å². The van der Waals surface area contributed by atoms with E-state index in [0.717, 1.165) is 18.2 Å². The molecule has 1 unspecified atom stereocenters. The predicted octanol–water partition coefficient (Wildman–Crippen LogP) is 5.01. The number of rotatable bonds is 9. The number of pyridine rings is 1. The molecule has 4 saturated carbocycles. The highest BCUT2D eigenvalue weighted by atomic mass is 32.2. The van der Waals surface area contributed by atoms with E-state index in [4.69, 9.17) is 9.47 Å². The average molecular weight is 806 g/mol. The van der Waals surface area contributed by atoms with Gasteiger partial charge >= 0.3 is 6.09 Å². The smallest absolute Gasteiger partial charge is 0.408 e. The molecule has 6 aliphatic rings. The number of nitrogens with zero attached hydrogens (tertiary/aromatic N) is 3. The second-order valence-electron chi connectivity index (χ2n) is 17.9. The fourth-order valence-corrected chi connectivity index (χ4v) is 11.1. The summed E-state index contributed by atoms with van der Waals surface area (Å²) in [5.41, 5.74) is -1.54. The van der Waals surface area contributed by atoms with Crippen LogP contribution in [0, 0.1) is 29.6 Å². The number of hydrogen-bond donors (Lipinski definition) is 3. The molecule has 2 aromatic rings. The first-order chi connectivity index (χ1) is 27.1. The van der Waals surface area contributed by atoms with Crippen LogP contribution in [0.25, 0.3) is 10.8 Å². The standard InChI is InChI=1S/C42H55N5O9S/c1-5-55-31-10-11-33-26(20-31)12-15-43-37(33)56-32-21-34-36(48)44-42(39(50)45-57(53,54)41(4)13-14-41)22-29(42)9-7-6-8-24(2)16-25(3)35(38(49)46(34)23-32)47(40(51)52)30-18-27-17-28(27)19-30/h7,9-12,15,20,24-25,27-30,32,34-35H,5-6,8,13-14,16-19,21-23H2,1-4H3,(H,44,48)(H,45,50)(H,51,52)/b9-7-/t24-,25+,27-,28+,29+,30?,32+,34-,35-,42+/m0/s1. The van der Waals surface area contributed by atoms with Crippen LogP contribution in [0.5, 0.6) is 11.6 Å². The molecule has 14 nitrogen and oxygen atoms in total. The van der Waals surface area contributed by atoms with Gasteiger partial charge in [0.2, 0.25) is 27.7 Å². The van der Waals surface area contributed by atoms with E-state index >= 15 is 4.79 Å². The third-order valence-corrected chi connectivity index (χ3v) is 15.8. The summed E-state index contributed by atoms with van der Waals surface area (Å²) in [6.45, 7) is 8.01. The van der Waals surface area contributed by atoms with Crippen molar-refractivity contribution in [3.05, 3.63) is 42.6 Å². The minimum absolute atomic E-state index is 0.0244. The maximum atomic E-state index is 15.2. The van der Waals surface area contributed by atoms with Gasteiger partial charge < -0.3 is 24.8 Å². The minimum atomic E-state index is -4.01. The Kier molecular flexibility index (Phi) is 10.2. The Morgan fingerprint density at radius 3 is 2.54 bits per heavy atom. The molecule has 57 heavy (non-hydrogen) atoms. The number of nitrogens with one attached hydrogen (secondary N) is 2. The highest BCUT2D eigenvalue weighted by Gasteiger charge is 2.63. The van der Waals surface area contributed by atoms with E-state index < -0.39 is 68.2 Å². The van der Waals surface area contributed by atoms with Crippen LogP contribution in [0.1, 0.15) is 91.9 Å². The van der Waals surface area contributed by atoms with Crippen LogP contribution in [0.3, 0.4) is 0 Å². The molecule has 0 radical (unpaired) electrons. The Labute approximate surface area is 334 Å². The van der Waals surface area contributed by atoms with Gasteiger partial charge in [0.05, 0.1) is 17.9 Å². The third kappa shape index (κ3) is 7.56. The summed E-state index contributed by atoms with van der Waals surface area (Å²) in [4.78, 5) is 64.5. The second-order valence-corrected chi connectivity index (χ2v) is 20.1. The number of sulfonamides is 1. The van der Waals surface area contributed by atoms with Gasteiger partial charge in [0, 0.05) is 30.0 Å². The molecule has 10 atom stereocenters. The number of carbonyl (C=O) groups is 4. The number of allylic oxidation sites excluding steroid dienone is 1. The van der Waals surface area contributed by atoms with Crippen molar-refractivity contribution in [2.45, 2.75) is 126 Å². The highest BCUT2D eigenvalue weighted by molar-refractivity contribution is 7.91. The van der Waals surface area contributed by atoms with Crippen LogP contribution >= 0.6 is 0 Å². The van der Waals surface area contributed by atoms with Crippen molar-refractivity contribution in [2.75, 3.05) is 13.2 Å². The molecule has 0 spiro atoms. The molecule has 3 heterocycles. The van der Waals surface area contributed by atoms with Gasteiger partial charge in [0.25, 0.3) is 5.91 Å². The van der Waals surface area contributed by atoms with E-state index in [9.17, 15) is 27.9 Å². The molecule has 15 heteroatoms. The largest absolute Gasteiger partial charge is 0.494 e. The molecule has 4 amide bonds. The fraction of sp³-hybridized carbons (Fsp3) is 0.643. The molecule has 1 saturated heterocycles. The Balaban J connectivity index is 1.15. The first-order valence-electron chi connectivity index (χ1n) is 20.7. The number of benzene rings is 1. The highest BCUT2D eigenvalue weighted by Crippen LogP contribution is 2.54. The van der Waals surface area contributed by atoms with Crippen LogP contribution in [0.4, 0.5) is 4.79 Å². The molecule has 1 aromatic heterocycles. The zero-order chi connectivity index (χ0) is 40.4. The summed E-state index contributed by atoms with van der Waals surface area (Å²) in [5.74, 6) is -0.626. The average Bonchev–Trinajstić information content (AvgIpc) is 4.12. The summed E-state index contributed by atoms with van der Waals surface area (Å²) in [6, 6.07) is 4.91. The molecule has 308 valence electrons. The van der Waals surface area contributed by atoms with Crippen molar-refractivity contribution in [2.24, 2.45) is 29.6 Å². The summed E-state index contributed by atoms with van der Waals surface area (Å²) in [7, 11) is -4.01. The van der Waals surface area contributed by atoms with Crippen molar-refractivity contribution in [1.29, 1.82) is 0 Å². The van der Waals surface area contributed by atoms with Gasteiger partial charge in [-0.25, -0.2) is 18.2 Å². The maximum Gasteiger partial charge on any atom is 0.408 e. The molecular weight excluding hydrogens is 751 g/mol. The minimum Gasteiger partial charge on any atom is -0.494 e. The molecule has 1 aromatic carbocycles. The number of amides is 4. The van der Waals surface area contributed by atoms with E-state index in [1.54, 1.807) is 13.1 Å². The van der Waals surface area contributed by atoms with Gasteiger partial charge in [-0.1, -0.05) is 26.0 Å². The summed E-state index contributed by atoms with van der Waals surface area (Å²) < 4.78 is 40.0. The topological polar surface area (TPSA) is 185 Å². The number of aromatic nitrogens is 1. The van der Waals surface area contributed by atoms with Gasteiger partial charge in [-0.05, 0) is 125 Å². The van der Waals surface area contributed by atoms with E-state index in [0.29, 0.717) is 74.0 Å². The molecule has 0 bridgehead atoms. The molecule has 5 fully saturated rings. The lowest BCUT2D eigenvalue weighted by Gasteiger charge is -2.40. The first-order valence-corrected chi connectivity index (χ1v) is 22.2. The summed E-state index contributed by atoms with van der Waals surface area (Å²) >= 11 is 0. The Morgan fingerprint density at radius 1 is 1.09 bits per heavy atom. The second kappa shape index (κ2) is 14.8. The Morgan fingerprint density at radius 2 is 1.84 bits per heavy atom. The lowest BCUT2D eigenvalue weighted by Crippen LogP contribution is -2.61. The summed E-state index contributed by atoms with van der Waals surface area (Å²) in [6.07, 6.45) is 9.25. The van der Waals surface area contributed by atoms with Crippen molar-refractivity contribution in [3.63, 3.8) is 0 Å². The molecule has 8 rings (SSSR count). The van der Waals surface area contributed by atoms with Crippen LogP contribution in [0.15, 0.2) is 42.6 Å². The van der Waals surface area contributed by atoms with E-state index in [-0.39, 0.29) is 37.3 Å². The molecule has 4 aliphatic carbocycles. The number of fused-ring (bicyclic) bond motifs is 4. The SMILES string of the molecule is CCOc1ccc2c(O[C@@H]3C[C@H]4C(=O)N[C@]5(C(=O)NS(=O)(=O)C6(C)CC6)C[C@H]5/C=C\CC[C@H](C)C[C@@H](C)[C@H](N(C(=O)O)C5C[C@@H]6C[C@@H]6C5)C(=O)N4C3)nccc2c1. The van der Waals surface area contributed by atoms with Crippen LogP contribution in [-0.4, -0.2) is 99.8 Å². The van der Waals surface area contributed by atoms with Crippen molar-refractivity contribution >= 4 is 44.6 Å². The van der Waals surface area contributed by atoms with Gasteiger partial charge in [-0.3, -0.25) is 24.0 Å². The number of carboxylic acid groups (broad SMARTS) is 1. The van der Waals surface area contributed by atoms with Crippen molar-refractivity contribution in [1.82, 2.24) is 24.8 Å². The molecular formula is C42H55N5O9S. The zero-order valence-corrected chi connectivity index (χ0v) is 34.0. The molecule has 2 aliphatic heterocycles. The zero-order valence-electron chi connectivity index (χ0n) is 33.2. The van der Waals surface area contributed by atoms with Gasteiger partial charge in [-0.15, -0.1) is 0 Å². The van der Waals surface area contributed by atoms with E-state index in [2.05, 4.69) is 21.9 Å². The Bertz CT molecular complexity index is 2080. The van der Waals surface area contributed by atoms with Crippen LogP contribution in [0.2, 0.25) is 0 Å². The molecule has 3 N–H and O–H groups in total. The fourth-order valence-electron chi connectivity index (χ4n) is 9.82. The third-order valence-electron chi connectivity index (χ3n) is 13.6. The normalized spacial score (nSPS) is 35.0. The van der Waals surface area contributed by atoms with Gasteiger partial charge in [-0.2, -0.15) is 0 Å². The lowest BCUT2D eigenvalue weighted by atomic mass is 9.86. The number of carbonyl (C=O) groups excluding carboxylic acids is 3. The van der Waals surface area contributed by atoms with Crippen molar-refractivity contribution in [3.8, 4) is 11.6 Å². The summed E-state index contributed by atoms with van der Waals surface area (Å²) in [5, 5.41) is 15.3. The van der Waals surface area contributed by atoms with Gasteiger partial charge in [0.1, 0.15) is 29.5 Å². The maximum absolute atomic E-state index is 15.2. The Hall–Kier alpha value is -4.40. The number of hydrogen-bond acceptors (Lipinski definition) is 9.